The van der Waals surface area contributed by atoms with Crippen molar-refractivity contribution in [2.45, 2.75) is 12.6 Å². The number of nitrogens with zero attached hydrogens (tertiary/aromatic N) is 3. The summed E-state index contributed by atoms with van der Waals surface area (Å²) < 4.78 is 1.84. The lowest BCUT2D eigenvalue weighted by Crippen LogP contribution is -2.23. The van der Waals surface area contributed by atoms with E-state index in [1.807, 2.05) is 43.0 Å². The van der Waals surface area contributed by atoms with E-state index in [-0.39, 0.29) is 6.04 Å². The summed E-state index contributed by atoms with van der Waals surface area (Å²) in [6.45, 7) is 1.59. The topological polar surface area (TPSA) is 47.1 Å². The van der Waals surface area contributed by atoms with Crippen LogP contribution in [0.5, 0.6) is 0 Å². The molecule has 0 saturated carbocycles. The Morgan fingerprint density at radius 1 is 1.25 bits per heavy atom. The van der Waals surface area contributed by atoms with Crippen LogP contribution in [0.2, 0.25) is 10.0 Å². The van der Waals surface area contributed by atoms with Gasteiger partial charge in [0.25, 0.3) is 0 Å². The van der Waals surface area contributed by atoms with Gasteiger partial charge in [-0.05, 0) is 25.7 Å². The van der Waals surface area contributed by atoms with Gasteiger partial charge >= 0.3 is 0 Å². The van der Waals surface area contributed by atoms with Crippen molar-refractivity contribution < 1.29 is 0 Å². The maximum atomic E-state index is 6.33. The molecule has 0 aliphatic carbocycles. The predicted molar refractivity (Wildman–Crippen MR) is 83.3 cm³/mol. The van der Waals surface area contributed by atoms with Gasteiger partial charge in [-0.25, -0.2) is 0 Å². The molecule has 0 fully saturated rings. The summed E-state index contributed by atoms with van der Waals surface area (Å²) in [5.41, 5.74) is 7.97. The molecule has 0 aliphatic heterocycles. The number of benzene rings is 1. The van der Waals surface area contributed by atoms with Crippen molar-refractivity contribution >= 4 is 23.2 Å². The summed E-state index contributed by atoms with van der Waals surface area (Å²) in [4.78, 5) is 2.08. The zero-order valence-electron chi connectivity index (χ0n) is 11.6. The lowest BCUT2D eigenvalue weighted by Gasteiger charge is -2.18. The lowest BCUT2D eigenvalue weighted by molar-refractivity contribution is 0.368. The van der Waals surface area contributed by atoms with Crippen molar-refractivity contribution in [2.75, 3.05) is 20.6 Å². The van der Waals surface area contributed by atoms with E-state index in [9.17, 15) is 0 Å². The Bertz CT molecular complexity index is 580. The first-order valence-electron chi connectivity index (χ1n) is 6.36. The van der Waals surface area contributed by atoms with Crippen LogP contribution in [0, 0.1) is 0 Å². The highest BCUT2D eigenvalue weighted by Gasteiger charge is 2.20. The van der Waals surface area contributed by atoms with Crippen LogP contribution in [0.25, 0.3) is 0 Å². The molecule has 0 radical (unpaired) electrons. The molecule has 0 bridgehead atoms. The Morgan fingerprint density at radius 2 is 1.95 bits per heavy atom. The average Bonchev–Trinajstić information content (AvgIpc) is 2.77. The molecule has 1 aromatic heterocycles. The molecule has 20 heavy (non-hydrogen) atoms. The highest BCUT2D eigenvalue weighted by molar-refractivity contribution is 6.32. The van der Waals surface area contributed by atoms with Crippen molar-refractivity contribution in [2.24, 2.45) is 5.73 Å². The van der Waals surface area contributed by atoms with Gasteiger partial charge in [0.15, 0.2) is 0 Å². The van der Waals surface area contributed by atoms with Crippen LogP contribution in [0.3, 0.4) is 0 Å². The van der Waals surface area contributed by atoms with Crippen LogP contribution in [-0.4, -0.2) is 35.3 Å². The third-order valence-corrected chi connectivity index (χ3v) is 3.76. The van der Waals surface area contributed by atoms with Crippen LogP contribution in [0.1, 0.15) is 17.3 Å². The maximum absolute atomic E-state index is 6.33. The van der Waals surface area contributed by atoms with E-state index >= 15 is 0 Å². The number of hydrogen-bond acceptors (Lipinski definition) is 3. The second-order valence-corrected chi connectivity index (χ2v) is 5.72. The number of likely N-dealkylation sites (N-methyl/N-ethyl adjacent to an activating group) is 1. The third kappa shape index (κ3) is 3.33. The first-order chi connectivity index (χ1) is 9.50. The number of nitrogens with two attached hydrogens (primary N) is 1. The van der Waals surface area contributed by atoms with Crippen LogP contribution in [-0.2, 0) is 6.54 Å². The molecule has 2 aromatic rings. The van der Waals surface area contributed by atoms with Crippen LogP contribution >= 0.6 is 23.2 Å². The fourth-order valence-corrected chi connectivity index (χ4v) is 2.54. The van der Waals surface area contributed by atoms with Gasteiger partial charge in [0.05, 0.1) is 29.5 Å². The summed E-state index contributed by atoms with van der Waals surface area (Å²) in [6.07, 6.45) is 1.63. The van der Waals surface area contributed by atoms with Gasteiger partial charge in [-0.15, -0.1) is 0 Å². The van der Waals surface area contributed by atoms with Gasteiger partial charge in [-0.3, -0.25) is 4.68 Å². The molecule has 0 spiro atoms. The van der Waals surface area contributed by atoms with Crippen molar-refractivity contribution in [1.82, 2.24) is 14.7 Å². The Morgan fingerprint density at radius 3 is 2.60 bits per heavy atom. The van der Waals surface area contributed by atoms with Gasteiger partial charge in [-0.2, -0.15) is 5.10 Å². The normalized spacial score (nSPS) is 12.9. The minimum atomic E-state index is -0.388. The second-order valence-electron chi connectivity index (χ2n) is 4.90. The summed E-state index contributed by atoms with van der Waals surface area (Å²) in [5, 5.41) is 5.50. The second kappa shape index (κ2) is 6.59. The quantitative estimate of drug-likeness (QED) is 0.923. The standard InChI is InChI=1S/C14H18Cl2N4/c1-19(2)7-8-20-14(12(16)9-18-20)13(17)10-5-3-4-6-11(10)15/h3-6,9,13H,7-8,17H2,1-2H3. The van der Waals surface area contributed by atoms with Gasteiger partial charge in [-0.1, -0.05) is 41.4 Å². The van der Waals surface area contributed by atoms with Gasteiger partial charge in [0, 0.05) is 11.6 Å². The maximum Gasteiger partial charge on any atom is 0.0837 e. The molecule has 108 valence electrons. The molecule has 0 saturated heterocycles. The smallest absolute Gasteiger partial charge is 0.0837 e. The van der Waals surface area contributed by atoms with E-state index in [2.05, 4.69) is 10.00 Å². The lowest BCUT2D eigenvalue weighted by atomic mass is 10.0. The third-order valence-electron chi connectivity index (χ3n) is 3.13. The molecule has 6 heteroatoms. The highest BCUT2D eigenvalue weighted by Crippen LogP contribution is 2.30. The fraction of sp³-hybridized carbons (Fsp3) is 0.357. The SMILES string of the molecule is CN(C)CCn1ncc(Cl)c1C(N)c1ccccc1Cl. The number of rotatable bonds is 5. The van der Waals surface area contributed by atoms with Crippen molar-refractivity contribution in [3.05, 3.63) is 51.8 Å². The number of aromatic nitrogens is 2. The molecule has 0 aliphatic rings. The molecule has 1 unspecified atom stereocenters. The average molecular weight is 313 g/mol. The van der Waals surface area contributed by atoms with E-state index < -0.39 is 0 Å². The van der Waals surface area contributed by atoms with Crippen LogP contribution < -0.4 is 5.73 Å². The number of hydrogen-bond donors (Lipinski definition) is 1. The Labute approximate surface area is 129 Å². The minimum Gasteiger partial charge on any atom is -0.319 e. The minimum absolute atomic E-state index is 0.388. The first-order valence-corrected chi connectivity index (χ1v) is 7.12. The number of halogens is 2. The molecule has 2 N–H and O–H groups in total. The molecule has 2 rings (SSSR count). The molecular formula is C14H18Cl2N4. The Hall–Kier alpha value is -1.07. The van der Waals surface area contributed by atoms with E-state index in [1.165, 1.54) is 0 Å². The zero-order valence-corrected chi connectivity index (χ0v) is 13.1. The van der Waals surface area contributed by atoms with Crippen molar-refractivity contribution in [1.29, 1.82) is 0 Å². The van der Waals surface area contributed by atoms with Gasteiger partial charge in [0.2, 0.25) is 0 Å². The predicted octanol–water partition coefficient (Wildman–Crippen LogP) is 2.80. The van der Waals surface area contributed by atoms with E-state index in [4.69, 9.17) is 28.9 Å². The summed E-state index contributed by atoms with van der Waals surface area (Å²) in [6, 6.07) is 7.14. The Balaban J connectivity index is 2.32. The van der Waals surface area contributed by atoms with E-state index in [0.717, 1.165) is 24.3 Å². The summed E-state index contributed by atoms with van der Waals surface area (Å²) in [7, 11) is 4.03. The summed E-state index contributed by atoms with van der Waals surface area (Å²) in [5.74, 6) is 0. The first kappa shape index (κ1) is 15.3. The molecule has 1 heterocycles. The summed E-state index contributed by atoms with van der Waals surface area (Å²) >= 11 is 12.4. The largest absolute Gasteiger partial charge is 0.319 e. The van der Waals surface area contributed by atoms with Crippen LogP contribution in [0.4, 0.5) is 0 Å². The van der Waals surface area contributed by atoms with Gasteiger partial charge in [0.1, 0.15) is 0 Å². The highest BCUT2D eigenvalue weighted by atomic mass is 35.5. The van der Waals surface area contributed by atoms with E-state index in [0.29, 0.717) is 10.0 Å². The monoisotopic (exact) mass is 312 g/mol. The molecule has 1 atom stereocenters. The molecular weight excluding hydrogens is 295 g/mol. The van der Waals surface area contributed by atoms with E-state index in [1.54, 1.807) is 6.20 Å². The van der Waals surface area contributed by atoms with Crippen LogP contribution in [0.15, 0.2) is 30.5 Å². The molecule has 0 amide bonds. The fourth-order valence-electron chi connectivity index (χ4n) is 2.03. The zero-order chi connectivity index (χ0) is 14.7. The van der Waals surface area contributed by atoms with Gasteiger partial charge < -0.3 is 10.6 Å². The van der Waals surface area contributed by atoms with Crippen molar-refractivity contribution in [3.8, 4) is 0 Å². The van der Waals surface area contributed by atoms with Crippen molar-refractivity contribution in [3.63, 3.8) is 0 Å². The Kier molecular flexibility index (Phi) is 5.05. The molecule has 4 nitrogen and oxygen atoms in total. The molecule has 1 aromatic carbocycles.